The van der Waals surface area contributed by atoms with Crippen LogP contribution >= 0.6 is 22.6 Å². The summed E-state index contributed by atoms with van der Waals surface area (Å²) < 4.78 is 0.166. The number of rotatable bonds is 3. The summed E-state index contributed by atoms with van der Waals surface area (Å²) in [6, 6.07) is 10.1. The van der Waals surface area contributed by atoms with Gasteiger partial charge in [0.2, 0.25) is 5.91 Å². The molecule has 0 saturated heterocycles. The van der Waals surface area contributed by atoms with E-state index in [-0.39, 0.29) is 9.96 Å². The Hall–Kier alpha value is -1.30. The van der Waals surface area contributed by atoms with Gasteiger partial charge in [0.1, 0.15) is 4.05 Å². The van der Waals surface area contributed by atoms with E-state index in [4.69, 9.17) is 5.73 Å². The summed E-state index contributed by atoms with van der Waals surface area (Å²) in [6.45, 7) is 0. The van der Waals surface area contributed by atoms with E-state index in [1.165, 1.54) is 5.56 Å². The highest BCUT2D eigenvalue weighted by Crippen LogP contribution is 2.30. The third-order valence-electron chi connectivity index (χ3n) is 2.57. The van der Waals surface area contributed by atoms with E-state index >= 15 is 0 Å². The molecule has 2 rings (SSSR count). The Labute approximate surface area is 114 Å². The average molecular weight is 340 g/mol. The molecule has 0 radical (unpaired) electrons. The summed E-state index contributed by atoms with van der Waals surface area (Å²) in [4.78, 5) is 13.1. The minimum atomic E-state index is -0.351. The standard InChI is InChI=1S/C13H13IN2O/c14-12(10-5-2-1-3-6-10)16-8-4-7-11(9-16)13(15)17/h1-6,8-9,12H,7H2,(H2,15,17). The predicted octanol–water partition coefficient (Wildman–Crippen LogP) is 2.71. The fourth-order valence-corrected chi connectivity index (χ4v) is 2.43. The Morgan fingerprint density at radius 2 is 2.06 bits per heavy atom. The number of allylic oxidation sites excluding steroid dienone is 1. The zero-order valence-electron chi connectivity index (χ0n) is 9.21. The smallest absolute Gasteiger partial charge is 0.246 e. The van der Waals surface area contributed by atoms with Crippen molar-refractivity contribution in [3.63, 3.8) is 0 Å². The zero-order valence-corrected chi connectivity index (χ0v) is 11.4. The van der Waals surface area contributed by atoms with Crippen LogP contribution < -0.4 is 5.73 Å². The van der Waals surface area contributed by atoms with Crippen molar-refractivity contribution in [1.82, 2.24) is 4.90 Å². The summed E-state index contributed by atoms with van der Waals surface area (Å²) in [5.74, 6) is -0.351. The normalized spacial score (nSPS) is 16.5. The van der Waals surface area contributed by atoms with Gasteiger partial charge in [-0.15, -0.1) is 0 Å². The van der Waals surface area contributed by atoms with Crippen LogP contribution in [0.2, 0.25) is 0 Å². The van der Waals surface area contributed by atoms with Crippen molar-refractivity contribution in [3.8, 4) is 0 Å². The van der Waals surface area contributed by atoms with Crippen LogP contribution in [0.5, 0.6) is 0 Å². The second-order valence-corrected chi connectivity index (χ2v) is 4.98. The maximum absolute atomic E-state index is 11.1. The molecule has 1 aliphatic heterocycles. The van der Waals surface area contributed by atoms with Crippen LogP contribution in [-0.4, -0.2) is 10.8 Å². The number of hydrogen-bond donors (Lipinski definition) is 1. The molecule has 0 aliphatic carbocycles. The molecule has 1 amide bonds. The number of carbonyl (C=O) groups excluding carboxylic acids is 1. The van der Waals surface area contributed by atoms with Crippen LogP contribution in [0, 0.1) is 0 Å². The molecule has 4 heteroatoms. The molecule has 1 atom stereocenters. The minimum absolute atomic E-state index is 0.166. The van der Waals surface area contributed by atoms with Crippen molar-refractivity contribution in [3.05, 3.63) is 59.9 Å². The maximum Gasteiger partial charge on any atom is 0.246 e. The molecule has 2 N–H and O–H groups in total. The van der Waals surface area contributed by atoms with E-state index < -0.39 is 0 Å². The first-order valence-electron chi connectivity index (χ1n) is 5.32. The molecule has 1 heterocycles. The molecule has 0 spiro atoms. The highest BCUT2D eigenvalue weighted by Gasteiger charge is 2.16. The molecule has 1 aromatic carbocycles. The van der Waals surface area contributed by atoms with Gasteiger partial charge in [0.15, 0.2) is 0 Å². The van der Waals surface area contributed by atoms with Crippen LogP contribution in [0.3, 0.4) is 0 Å². The Balaban J connectivity index is 2.20. The Morgan fingerprint density at radius 1 is 1.35 bits per heavy atom. The first-order valence-corrected chi connectivity index (χ1v) is 6.56. The quantitative estimate of drug-likeness (QED) is 0.523. The highest BCUT2D eigenvalue weighted by atomic mass is 127. The molecule has 0 saturated carbocycles. The lowest BCUT2D eigenvalue weighted by Crippen LogP contribution is -2.21. The van der Waals surface area contributed by atoms with Gasteiger partial charge in [0.25, 0.3) is 0 Å². The van der Waals surface area contributed by atoms with Crippen molar-refractivity contribution < 1.29 is 4.79 Å². The lowest BCUT2D eigenvalue weighted by Gasteiger charge is -2.26. The van der Waals surface area contributed by atoms with E-state index in [1.807, 2.05) is 41.6 Å². The van der Waals surface area contributed by atoms with Gasteiger partial charge in [-0.1, -0.05) is 59.0 Å². The van der Waals surface area contributed by atoms with Crippen molar-refractivity contribution in [1.29, 1.82) is 0 Å². The number of primary amides is 1. The van der Waals surface area contributed by atoms with E-state index in [0.29, 0.717) is 12.0 Å². The summed E-state index contributed by atoms with van der Waals surface area (Å²) in [5, 5.41) is 0. The van der Waals surface area contributed by atoms with Gasteiger partial charge < -0.3 is 10.6 Å². The number of hydrogen-bond acceptors (Lipinski definition) is 2. The van der Waals surface area contributed by atoms with Crippen LogP contribution in [0.15, 0.2) is 54.4 Å². The highest BCUT2D eigenvalue weighted by molar-refractivity contribution is 14.1. The third kappa shape index (κ3) is 2.88. The number of nitrogens with two attached hydrogens (primary N) is 1. The second-order valence-electron chi connectivity index (χ2n) is 3.80. The lowest BCUT2D eigenvalue weighted by molar-refractivity contribution is -0.114. The molecule has 0 aromatic heterocycles. The van der Waals surface area contributed by atoms with Crippen LogP contribution in [0.25, 0.3) is 0 Å². The van der Waals surface area contributed by atoms with E-state index in [9.17, 15) is 4.79 Å². The Morgan fingerprint density at radius 3 is 2.71 bits per heavy atom. The van der Waals surface area contributed by atoms with E-state index in [0.717, 1.165) is 0 Å². The fraction of sp³-hybridized carbons (Fsp3) is 0.154. The molecular formula is C13H13IN2O. The van der Waals surface area contributed by atoms with Gasteiger partial charge in [-0.05, 0) is 12.0 Å². The summed E-state index contributed by atoms with van der Waals surface area (Å²) >= 11 is 2.34. The van der Waals surface area contributed by atoms with Gasteiger partial charge in [-0.2, -0.15) is 0 Å². The predicted molar refractivity (Wildman–Crippen MR) is 76.1 cm³/mol. The lowest BCUT2D eigenvalue weighted by atomic mass is 10.1. The number of carbonyl (C=O) groups is 1. The molecule has 3 nitrogen and oxygen atoms in total. The van der Waals surface area contributed by atoms with Gasteiger partial charge >= 0.3 is 0 Å². The van der Waals surface area contributed by atoms with Crippen molar-refractivity contribution >= 4 is 28.5 Å². The number of amides is 1. The fourth-order valence-electron chi connectivity index (χ4n) is 1.67. The van der Waals surface area contributed by atoms with Crippen LogP contribution in [0.4, 0.5) is 0 Å². The molecule has 88 valence electrons. The third-order valence-corrected chi connectivity index (χ3v) is 3.94. The van der Waals surface area contributed by atoms with Gasteiger partial charge in [-0.3, -0.25) is 4.79 Å². The number of halogens is 1. The molecule has 0 fully saturated rings. The Kier molecular flexibility index (Phi) is 3.83. The summed E-state index contributed by atoms with van der Waals surface area (Å²) in [6.07, 6.45) is 6.38. The number of benzene rings is 1. The van der Waals surface area contributed by atoms with Crippen molar-refractivity contribution in [2.45, 2.75) is 10.5 Å². The van der Waals surface area contributed by atoms with Crippen molar-refractivity contribution in [2.24, 2.45) is 5.73 Å². The topological polar surface area (TPSA) is 46.3 Å². The molecule has 1 aromatic rings. The van der Waals surface area contributed by atoms with Gasteiger partial charge in [0.05, 0.1) is 0 Å². The second kappa shape index (κ2) is 5.35. The van der Waals surface area contributed by atoms with E-state index in [2.05, 4.69) is 34.7 Å². The molecule has 1 unspecified atom stereocenters. The van der Waals surface area contributed by atoms with Crippen LogP contribution in [-0.2, 0) is 4.79 Å². The molecule has 17 heavy (non-hydrogen) atoms. The Bertz CT molecular complexity index is 468. The molecule has 1 aliphatic rings. The number of alkyl halides is 1. The first-order chi connectivity index (χ1) is 8.18. The molecular weight excluding hydrogens is 327 g/mol. The van der Waals surface area contributed by atoms with Gasteiger partial charge in [0, 0.05) is 18.0 Å². The number of nitrogens with zero attached hydrogens (tertiary/aromatic N) is 1. The zero-order chi connectivity index (χ0) is 12.3. The largest absolute Gasteiger partial charge is 0.366 e. The van der Waals surface area contributed by atoms with Crippen LogP contribution in [0.1, 0.15) is 16.0 Å². The molecule has 0 bridgehead atoms. The first kappa shape index (κ1) is 12.2. The average Bonchev–Trinajstić information content (AvgIpc) is 2.39. The van der Waals surface area contributed by atoms with Crippen molar-refractivity contribution in [2.75, 3.05) is 0 Å². The minimum Gasteiger partial charge on any atom is -0.366 e. The SMILES string of the molecule is NC(=O)C1=CN(C(I)c2ccccc2)C=CC1. The summed E-state index contributed by atoms with van der Waals surface area (Å²) in [7, 11) is 0. The summed E-state index contributed by atoms with van der Waals surface area (Å²) in [5.41, 5.74) is 7.14. The maximum atomic E-state index is 11.1. The monoisotopic (exact) mass is 340 g/mol. The van der Waals surface area contributed by atoms with E-state index in [1.54, 1.807) is 0 Å². The van der Waals surface area contributed by atoms with Gasteiger partial charge in [-0.25, -0.2) is 0 Å².